The molecule has 0 aromatic heterocycles. The molecule has 0 aliphatic heterocycles. The van der Waals surface area contributed by atoms with Crippen LogP contribution in [0.1, 0.15) is 27.9 Å². The number of methoxy groups -OCH3 is 2. The highest BCUT2D eigenvalue weighted by Gasteiger charge is 2.21. The SMILES string of the molecule is COc1cc(C(=O)N(CCCc2ccccc2)CC(=O)O)cc(OC)c1C. The highest BCUT2D eigenvalue weighted by molar-refractivity contribution is 5.96. The van der Waals surface area contributed by atoms with E-state index in [4.69, 9.17) is 9.47 Å². The normalized spacial score (nSPS) is 10.3. The van der Waals surface area contributed by atoms with E-state index in [1.54, 1.807) is 12.1 Å². The van der Waals surface area contributed by atoms with Crippen LogP contribution in [0.5, 0.6) is 11.5 Å². The van der Waals surface area contributed by atoms with E-state index in [-0.39, 0.29) is 12.5 Å². The van der Waals surface area contributed by atoms with Gasteiger partial charge in [-0.15, -0.1) is 0 Å². The smallest absolute Gasteiger partial charge is 0.323 e. The lowest BCUT2D eigenvalue weighted by molar-refractivity contribution is -0.137. The van der Waals surface area contributed by atoms with Gasteiger partial charge in [0.15, 0.2) is 0 Å². The Balaban J connectivity index is 2.17. The molecule has 0 spiro atoms. The predicted octanol–water partition coefficient (Wildman–Crippen LogP) is 3.17. The maximum absolute atomic E-state index is 12.9. The van der Waals surface area contributed by atoms with Crippen molar-refractivity contribution in [3.05, 3.63) is 59.2 Å². The van der Waals surface area contributed by atoms with Gasteiger partial charge in [-0.05, 0) is 37.5 Å². The molecule has 2 aromatic rings. The first-order chi connectivity index (χ1) is 13.0. The highest BCUT2D eigenvalue weighted by Crippen LogP contribution is 2.30. The molecule has 0 saturated heterocycles. The fourth-order valence-corrected chi connectivity index (χ4v) is 2.93. The first-order valence-corrected chi connectivity index (χ1v) is 8.74. The lowest BCUT2D eigenvalue weighted by atomic mass is 10.1. The second-order valence-electron chi connectivity index (χ2n) is 6.22. The van der Waals surface area contributed by atoms with Gasteiger partial charge >= 0.3 is 5.97 Å². The largest absolute Gasteiger partial charge is 0.496 e. The van der Waals surface area contributed by atoms with Crippen molar-refractivity contribution in [3.8, 4) is 11.5 Å². The summed E-state index contributed by atoms with van der Waals surface area (Å²) < 4.78 is 10.6. The Hall–Kier alpha value is -3.02. The lowest BCUT2D eigenvalue weighted by Gasteiger charge is -2.22. The third-order valence-electron chi connectivity index (χ3n) is 4.35. The third kappa shape index (κ3) is 5.48. The molecule has 0 aliphatic carbocycles. The number of amides is 1. The zero-order chi connectivity index (χ0) is 19.8. The van der Waals surface area contributed by atoms with E-state index in [1.165, 1.54) is 19.1 Å². The number of aliphatic carboxylic acids is 1. The number of hydrogen-bond acceptors (Lipinski definition) is 4. The summed E-state index contributed by atoms with van der Waals surface area (Å²) in [6.45, 7) is 1.82. The zero-order valence-electron chi connectivity index (χ0n) is 15.9. The zero-order valence-corrected chi connectivity index (χ0v) is 15.9. The van der Waals surface area contributed by atoms with Crippen LogP contribution < -0.4 is 9.47 Å². The van der Waals surface area contributed by atoms with Crippen molar-refractivity contribution >= 4 is 11.9 Å². The molecule has 1 amide bonds. The van der Waals surface area contributed by atoms with Gasteiger partial charge in [0.05, 0.1) is 14.2 Å². The van der Waals surface area contributed by atoms with Crippen LogP contribution >= 0.6 is 0 Å². The number of ether oxygens (including phenoxy) is 2. The molecule has 0 saturated carbocycles. The minimum Gasteiger partial charge on any atom is -0.496 e. The van der Waals surface area contributed by atoms with Gasteiger partial charge in [0, 0.05) is 17.7 Å². The van der Waals surface area contributed by atoms with Crippen molar-refractivity contribution < 1.29 is 24.2 Å². The fourth-order valence-electron chi connectivity index (χ4n) is 2.93. The number of carboxylic acids is 1. The van der Waals surface area contributed by atoms with Crippen LogP contribution in [-0.2, 0) is 11.2 Å². The van der Waals surface area contributed by atoms with Crippen molar-refractivity contribution in [2.24, 2.45) is 0 Å². The molecule has 0 aliphatic rings. The molecule has 0 fully saturated rings. The Morgan fingerprint density at radius 2 is 1.63 bits per heavy atom. The van der Waals surface area contributed by atoms with Crippen molar-refractivity contribution in [2.75, 3.05) is 27.3 Å². The molecule has 6 heteroatoms. The van der Waals surface area contributed by atoms with E-state index in [0.29, 0.717) is 30.0 Å². The van der Waals surface area contributed by atoms with E-state index in [2.05, 4.69) is 0 Å². The number of benzene rings is 2. The third-order valence-corrected chi connectivity index (χ3v) is 4.35. The summed E-state index contributed by atoms with van der Waals surface area (Å²) in [6.07, 6.45) is 1.44. The molecule has 0 atom stereocenters. The Bertz CT molecular complexity index is 763. The summed E-state index contributed by atoms with van der Waals surface area (Å²) in [6, 6.07) is 13.1. The average Bonchev–Trinajstić information content (AvgIpc) is 2.67. The summed E-state index contributed by atoms with van der Waals surface area (Å²) in [5.41, 5.74) is 2.28. The Labute approximate surface area is 159 Å². The topological polar surface area (TPSA) is 76.1 Å². The standard InChI is InChI=1S/C21H25NO5/c1-15-18(26-2)12-17(13-19(15)27-3)21(25)22(14-20(23)24)11-7-10-16-8-5-4-6-9-16/h4-6,8-9,12-13H,7,10-11,14H2,1-3H3,(H,23,24). The minimum atomic E-state index is -1.05. The molecule has 1 N–H and O–H groups in total. The lowest BCUT2D eigenvalue weighted by Crippen LogP contribution is -2.36. The monoisotopic (exact) mass is 371 g/mol. The summed E-state index contributed by atoms with van der Waals surface area (Å²) in [5.74, 6) is -0.356. The highest BCUT2D eigenvalue weighted by atomic mass is 16.5. The molecule has 27 heavy (non-hydrogen) atoms. The van der Waals surface area contributed by atoms with E-state index in [0.717, 1.165) is 17.5 Å². The van der Waals surface area contributed by atoms with Gasteiger partial charge in [0.25, 0.3) is 5.91 Å². The molecule has 6 nitrogen and oxygen atoms in total. The minimum absolute atomic E-state index is 0.343. The second-order valence-corrected chi connectivity index (χ2v) is 6.22. The molecule has 0 unspecified atom stereocenters. The van der Waals surface area contributed by atoms with Crippen molar-refractivity contribution in [2.45, 2.75) is 19.8 Å². The average molecular weight is 371 g/mol. The quantitative estimate of drug-likeness (QED) is 0.733. The fraction of sp³-hybridized carbons (Fsp3) is 0.333. The summed E-state index contributed by atoms with van der Waals surface area (Å²) in [4.78, 5) is 25.5. The molecule has 0 bridgehead atoms. The molecule has 144 valence electrons. The molecule has 0 heterocycles. The van der Waals surface area contributed by atoms with Crippen LogP contribution in [0.25, 0.3) is 0 Å². The Morgan fingerprint density at radius 3 is 2.15 bits per heavy atom. The van der Waals surface area contributed by atoms with Crippen molar-refractivity contribution in [1.29, 1.82) is 0 Å². The van der Waals surface area contributed by atoms with Crippen LogP contribution in [0.15, 0.2) is 42.5 Å². The maximum atomic E-state index is 12.9. The number of rotatable bonds is 9. The van der Waals surface area contributed by atoms with E-state index in [9.17, 15) is 14.7 Å². The van der Waals surface area contributed by atoms with Crippen LogP contribution in [0.4, 0.5) is 0 Å². The first-order valence-electron chi connectivity index (χ1n) is 8.74. The van der Waals surface area contributed by atoms with Gasteiger partial charge in [0.1, 0.15) is 18.0 Å². The number of hydrogen-bond donors (Lipinski definition) is 1. The summed E-state index contributed by atoms with van der Waals surface area (Å²) in [5, 5.41) is 9.20. The number of carbonyl (C=O) groups is 2. The first kappa shape index (κ1) is 20.3. The van der Waals surface area contributed by atoms with Gasteiger partial charge in [-0.25, -0.2) is 0 Å². The molecule has 2 aromatic carbocycles. The molecular weight excluding hydrogens is 346 g/mol. The van der Waals surface area contributed by atoms with Crippen molar-refractivity contribution in [3.63, 3.8) is 0 Å². The van der Waals surface area contributed by atoms with Crippen LogP contribution in [0, 0.1) is 6.92 Å². The van der Waals surface area contributed by atoms with Gasteiger partial charge in [-0.3, -0.25) is 9.59 Å². The Morgan fingerprint density at radius 1 is 1.04 bits per heavy atom. The maximum Gasteiger partial charge on any atom is 0.323 e. The second kappa shape index (κ2) is 9.62. The van der Waals surface area contributed by atoms with Gasteiger partial charge < -0.3 is 19.5 Å². The van der Waals surface area contributed by atoms with Crippen LogP contribution in [-0.4, -0.2) is 49.2 Å². The number of carboxylic acid groups (broad SMARTS) is 1. The summed E-state index contributed by atoms with van der Waals surface area (Å²) in [7, 11) is 3.04. The van der Waals surface area contributed by atoms with Gasteiger partial charge in [-0.1, -0.05) is 30.3 Å². The molecular formula is C21H25NO5. The van der Waals surface area contributed by atoms with Gasteiger partial charge in [0.2, 0.25) is 0 Å². The number of aryl methyl sites for hydroxylation is 1. The Kier molecular flexibility index (Phi) is 7.23. The predicted molar refractivity (Wildman–Crippen MR) is 103 cm³/mol. The summed E-state index contributed by atoms with van der Waals surface area (Å²) >= 11 is 0. The van der Waals surface area contributed by atoms with Crippen LogP contribution in [0.3, 0.4) is 0 Å². The molecule has 2 rings (SSSR count). The molecule has 0 radical (unpaired) electrons. The van der Waals surface area contributed by atoms with Crippen molar-refractivity contribution in [1.82, 2.24) is 4.90 Å². The van der Waals surface area contributed by atoms with Crippen LogP contribution in [0.2, 0.25) is 0 Å². The van der Waals surface area contributed by atoms with E-state index >= 15 is 0 Å². The van der Waals surface area contributed by atoms with E-state index < -0.39 is 5.97 Å². The number of carbonyl (C=O) groups excluding carboxylic acids is 1. The van der Waals surface area contributed by atoms with Gasteiger partial charge in [-0.2, -0.15) is 0 Å². The number of nitrogens with zero attached hydrogens (tertiary/aromatic N) is 1. The van der Waals surface area contributed by atoms with E-state index in [1.807, 2.05) is 37.3 Å².